The summed E-state index contributed by atoms with van der Waals surface area (Å²) in [5, 5.41) is 0. The van der Waals surface area contributed by atoms with E-state index in [0.717, 1.165) is 45.3 Å². The highest BCUT2D eigenvalue weighted by molar-refractivity contribution is 5.85. The molecule has 0 radical (unpaired) electrons. The second-order valence-corrected chi connectivity index (χ2v) is 6.21. The van der Waals surface area contributed by atoms with Crippen LogP contribution >= 0.6 is 12.4 Å². The minimum Gasteiger partial charge on any atom is -0.341 e. The summed E-state index contributed by atoms with van der Waals surface area (Å²) in [5.74, 6) is 0.207. The van der Waals surface area contributed by atoms with Crippen LogP contribution in [0.25, 0.3) is 0 Å². The maximum absolute atomic E-state index is 12.3. The number of carbonyl (C=O) groups excluding carboxylic acids is 2. The molecule has 6 heteroatoms. The third-order valence-electron chi connectivity index (χ3n) is 4.40. The van der Waals surface area contributed by atoms with Crippen LogP contribution < -0.4 is 5.73 Å². The lowest BCUT2D eigenvalue weighted by Gasteiger charge is -2.26. The molecule has 0 aromatic carbocycles. The molecule has 2 heterocycles. The van der Waals surface area contributed by atoms with E-state index in [0.29, 0.717) is 13.0 Å². The molecule has 2 amide bonds. The fraction of sp³-hybridized carbons (Fsp3) is 0.857. The van der Waals surface area contributed by atoms with Crippen molar-refractivity contribution in [1.82, 2.24) is 9.80 Å². The molecule has 2 rings (SSSR count). The van der Waals surface area contributed by atoms with Crippen molar-refractivity contribution in [3.05, 3.63) is 0 Å². The lowest BCUT2D eigenvalue weighted by molar-refractivity contribution is -0.139. The van der Waals surface area contributed by atoms with E-state index in [1.165, 1.54) is 0 Å². The Kier molecular flexibility index (Phi) is 6.27. The van der Waals surface area contributed by atoms with Crippen LogP contribution in [0.1, 0.15) is 39.0 Å². The average Bonchev–Trinajstić information content (AvgIpc) is 2.69. The zero-order valence-corrected chi connectivity index (χ0v) is 13.1. The van der Waals surface area contributed by atoms with E-state index in [1.807, 2.05) is 4.90 Å². The molecule has 2 N–H and O–H groups in total. The number of nitrogens with two attached hydrogens (primary N) is 1. The van der Waals surface area contributed by atoms with Crippen molar-refractivity contribution >= 4 is 24.2 Å². The first kappa shape index (κ1) is 17.2. The van der Waals surface area contributed by atoms with E-state index < -0.39 is 0 Å². The summed E-state index contributed by atoms with van der Waals surface area (Å²) >= 11 is 0. The summed E-state index contributed by atoms with van der Waals surface area (Å²) in [7, 11) is 0. The largest absolute Gasteiger partial charge is 0.341 e. The highest BCUT2D eigenvalue weighted by atomic mass is 35.5. The second-order valence-electron chi connectivity index (χ2n) is 6.21. The summed E-state index contributed by atoms with van der Waals surface area (Å²) in [6.07, 6.45) is 4.61. The van der Waals surface area contributed by atoms with E-state index in [2.05, 4.69) is 6.92 Å². The first-order valence-electron chi connectivity index (χ1n) is 7.30. The molecule has 1 atom stereocenters. The molecule has 0 spiro atoms. The number of hydrogen-bond acceptors (Lipinski definition) is 3. The molecule has 0 aliphatic carbocycles. The fourth-order valence-electron chi connectivity index (χ4n) is 2.87. The Morgan fingerprint density at radius 3 is 2.70 bits per heavy atom. The molecule has 0 saturated carbocycles. The van der Waals surface area contributed by atoms with Gasteiger partial charge in [0.15, 0.2) is 0 Å². The second kappa shape index (κ2) is 7.27. The number of carbonyl (C=O) groups is 2. The summed E-state index contributed by atoms with van der Waals surface area (Å²) in [6.45, 7) is 5.21. The Morgan fingerprint density at radius 2 is 2.05 bits per heavy atom. The molecule has 0 bridgehead atoms. The van der Waals surface area contributed by atoms with E-state index in [1.54, 1.807) is 4.90 Å². The normalized spacial score (nSPS) is 27.2. The van der Waals surface area contributed by atoms with Gasteiger partial charge in [-0.2, -0.15) is 0 Å². The highest BCUT2D eigenvalue weighted by Crippen LogP contribution is 2.28. The van der Waals surface area contributed by atoms with Gasteiger partial charge in [-0.15, -0.1) is 12.4 Å². The zero-order chi connectivity index (χ0) is 13.9. The summed E-state index contributed by atoms with van der Waals surface area (Å²) in [4.78, 5) is 27.7. The Balaban J connectivity index is 0.00000200. The zero-order valence-electron chi connectivity index (χ0n) is 12.3. The molecule has 2 fully saturated rings. The Morgan fingerprint density at radius 1 is 1.30 bits per heavy atom. The molecule has 5 nitrogen and oxygen atoms in total. The molecule has 116 valence electrons. The van der Waals surface area contributed by atoms with Gasteiger partial charge in [-0.3, -0.25) is 9.59 Å². The predicted molar refractivity (Wildman–Crippen MR) is 80.7 cm³/mol. The van der Waals surface area contributed by atoms with Gasteiger partial charge in [0, 0.05) is 26.1 Å². The van der Waals surface area contributed by atoms with Crippen LogP contribution in [0.4, 0.5) is 0 Å². The van der Waals surface area contributed by atoms with E-state index in [9.17, 15) is 9.59 Å². The van der Waals surface area contributed by atoms with Crippen LogP contribution in [0.3, 0.4) is 0 Å². The van der Waals surface area contributed by atoms with Crippen LogP contribution in [0.2, 0.25) is 0 Å². The van der Waals surface area contributed by atoms with Crippen molar-refractivity contribution < 1.29 is 9.59 Å². The molecule has 2 saturated heterocycles. The van der Waals surface area contributed by atoms with Crippen LogP contribution in [0, 0.1) is 5.41 Å². The molecular weight excluding hydrogens is 278 g/mol. The Bertz CT molecular complexity index is 364. The summed E-state index contributed by atoms with van der Waals surface area (Å²) in [5.41, 5.74) is 5.81. The molecule has 2 aliphatic rings. The molecule has 0 aromatic heterocycles. The number of halogens is 1. The van der Waals surface area contributed by atoms with E-state index in [-0.39, 0.29) is 36.2 Å². The monoisotopic (exact) mass is 303 g/mol. The number of amides is 2. The van der Waals surface area contributed by atoms with Gasteiger partial charge in [0.05, 0.1) is 6.54 Å². The van der Waals surface area contributed by atoms with Crippen LogP contribution in [0.15, 0.2) is 0 Å². The van der Waals surface area contributed by atoms with Crippen LogP contribution in [-0.4, -0.2) is 54.3 Å². The SMILES string of the molecule is CC1(CN)CCN(C(=O)CN2CCCCCC2=O)C1.Cl. The van der Waals surface area contributed by atoms with Crippen molar-refractivity contribution in [2.75, 3.05) is 32.7 Å². The molecule has 1 unspecified atom stereocenters. The predicted octanol–water partition coefficient (Wildman–Crippen LogP) is 1.01. The Labute approximate surface area is 127 Å². The first-order chi connectivity index (χ1) is 9.04. The third-order valence-corrected chi connectivity index (χ3v) is 4.40. The van der Waals surface area contributed by atoms with Crippen molar-refractivity contribution in [2.45, 2.75) is 39.0 Å². The maximum atomic E-state index is 12.3. The minimum atomic E-state index is 0. The standard InChI is InChI=1S/C14H25N3O2.ClH/c1-14(10-15)6-8-17(11-14)13(19)9-16-7-4-2-3-5-12(16)18;/h2-11,15H2,1H3;1H. The van der Waals surface area contributed by atoms with Crippen LogP contribution in [-0.2, 0) is 9.59 Å². The molecule has 2 aliphatic heterocycles. The van der Waals surface area contributed by atoms with E-state index in [4.69, 9.17) is 5.73 Å². The van der Waals surface area contributed by atoms with E-state index >= 15 is 0 Å². The number of hydrogen-bond donors (Lipinski definition) is 1. The van der Waals surface area contributed by atoms with Gasteiger partial charge in [-0.05, 0) is 31.2 Å². The fourth-order valence-corrected chi connectivity index (χ4v) is 2.87. The van der Waals surface area contributed by atoms with Gasteiger partial charge in [0.1, 0.15) is 0 Å². The topological polar surface area (TPSA) is 66.6 Å². The number of nitrogens with zero attached hydrogens (tertiary/aromatic N) is 2. The van der Waals surface area contributed by atoms with Gasteiger partial charge >= 0.3 is 0 Å². The quantitative estimate of drug-likeness (QED) is 0.846. The summed E-state index contributed by atoms with van der Waals surface area (Å²) in [6, 6.07) is 0. The average molecular weight is 304 g/mol. The third kappa shape index (κ3) is 4.09. The smallest absolute Gasteiger partial charge is 0.242 e. The molecular formula is C14H26ClN3O2. The molecule has 0 aromatic rings. The van der Waals surface area contributed by atoms with Crippen molar-refractivity contribution in [3.8, 4) is 0 Å². The van der Waals surface area contributed by atoms with Gasteiger partial charge < -0.3 is 15.5 Å². The van der Waals surface area contributed by atoms with Gasteiger partial charge in [0.2, 0.25) is 11.8 Å². The maximum Gasteiger partial charge on any atom is 0.242 e. The van der Waals surface area contributed by atoms with Crippen molar-refractivity contribution in [3.63, 3.8) is 0 Å². The highest BCUT2D eigenvalue weighted by Gasteiger charge is 2.35. The van der Waals surface area contributed by atoms with Gasteiger partial charge in [-0.1, -0.05) is 13.3 Å². The lowest BCUT2D eigenvalue weighted by atomic mass is 9.90. The number of likely N-dealkylation sites (tertiary alicyclic amines) is 2. The lowest BCUT2D eigenvalue weighted by Crippen LogP contribution is -2.43. The van der Waals surface area contributed by atoms with Gasteiger partial charge in [-0.25, -0.2) is 0 Å². The van der Waals surface area contributed by atoms with Crippen LogP contribution in [0.5, 0.6) is 0 Å². The minimum absolute atomic E-state index is 0. The number of rotatable bonds is 3. The van der Waals surface area contributed by atoms with Crippen molar-refractivity contribution in [2.24, 2.45) is 11.1 Å². The van der Waals surface area contributed by atoms with Crippen molar-refractivity contribution in [1.29, 1.82) is 0 Å². The Hall–Kier alpha value is -0.810. The first-order valence-corrected chi connectivity index (χ1v) is 7.30. The molecule has 20 heavy (non-hydrogen) atoms. The van der Waals surface area contributed by atoms with Gasteiger partial charge in [0.25, 0.3) is 0 Å². The summed E-state index contributed by atoms with van der Waals surface area (Å²) < 4.78 is 0.